The zero-order chi connectivity index (χ0) is 22.9. The van der Waals surface area contributed by atoms with Crippen LogP contribution in [0.25, 0.3) is 0 Å². The van der Waals surface area contributed by atoms with Gasteiger partial charge in [0.25, 0.3) is 0 Å². The van der Waals surface area contributed by atoms with Crippen molar-refractivity contribution in [2.75, 3.05) is 27.2 Å². The molecule has 4 fully saturated rings. The van der Waals surface area contributed by atoms with Crippen LogP contribution in [0.2, 0.25) is 0 Å². The highest BCUT2D eigenvalue weighted by atomic mass is 79.9. The third-order valence-corrected chi connectivity index (χ3v) is 9.41. The Labute approximate surface area is 217 Å². The molecule has 0 aromatic carbocycles. The van der Waals surface area contributed by atoms with Crippen LogP contribution in [-0.2, 0) is 4.79 Å². The van der Waals surface area contributed by atoms with Gasteiger partial charge in [-0.2, -0.15) is 0 Å². The van der Waals surface area contributed by atoms with Crippen LogP contribution in [0, 0.1) is 23.2 Å². The summed E-state index contributed by atoms with van der Waals surface area (Å²) in [5.41, 5.74) is 0.126. The van der Waals surface area contributed by atoms with Gasteiger partial charge in [0.1, 0.15) is 5.78 Å². The van der Waals surface area contributed by atoms with Gasteiger partial charge >= 0.3 is 0 Å². The van der Waals surface area contributed by atoms with Gasteiger partial charge in [-0.15, -0.1) is 0 Å². The van der Waals surface area contributed by atoms with E-state index in [1.807, 2.05) is 0 Å². The summed E-state index contributed by atoms with van der Waals surface area (Å²) in [4.78, 5) is 13.2. The van der Waals surface area contributed by atoms with Crippen molar-refractivity contribution >= 4 is 5.78 Å². The number of Topliss-reactive ketones (excluding diaryl/α,β-unsaturated/α-hetero) is 1. The minimum atomic E-state index is 0. The van der Waals surface area contributed by atoms with E-state index < -0.39 is 0 Å². The second-order valence-electron chi connectivity index (χ2n) is 13.0. The molecule has 0 radical (unpaired) electrons. The summed E-state index contributed by atoms with van der Waals surface area (Å²) in [6.07, 6.45) is 27.1. The summed E-state index contributed by atoms with van der Waals surface area (Å²) in [6.45, 7) is 4.75. The third-order valence-electron chi connectivity index (χ3n) is 9.41. The molecule has 194 valence electrons. The normalized spacial score (nSPS) is 28.2. The van der Waals surface area contributed by atoms with E-state index in [4.69, 9.17) is 0 Å². The lowest BCUT2D eigenvalue weighted by Gasteiger charge is -2.56. The van der Waals surface area contributed by atoms with Crippen LogP contribution in [-0.4, -0.2) is 37.5 Å². The standard InChI is InChI=1S/C30H56NO.BrH/c1-4-5-6-7-8-9-10-11-12-13-14-15-18-31(2,3)19-16-17-29(32)30-23-26-20-27(24-30)22-28(21-26)25-30;/h26-28H,4-25H2,1-3H3;1H/q+1;/p-1. The molecule has 4 aliphatic rings. The fourth-order valence-corrected chi connectivity index (χ4v) is 7.88. The largest absolute Gasteiger partial charge is 1.00 e. The van der Waals surface area contributed by atoms with Crippen molar-refractivity contribution in [3.8, 4) is 0 Å². The minimum Gasteiger partial charge on any atom is -1.00 e. The molecule has 0 aromatic heterocycles. The van der Waals surface area contributed by atoms with E-state index in [9.17, 15) is 4.79 Å². The van der Waals surface area contributed by atoms with E-state index in [-0.39, 0.29) is 22.4 Å². The summed E-state index contributed by atoms with van der Waals surface area (Å²) in [5, 5.41) is 0. The van der Waals surface area contributed by atoms with Crippen LogP contribution < -0.4 is 17.0 Å². The van der Waals surface area contributed by atoms with Gasteiger partial charge < -0.3 is 21.5 Å². The Hall–Kier alpha value is 0.110. The minimum absolute atomic E-state index is 0. The molecule has 0 unspecified atom stereocenters. The Balaban J connectivity index is 0.00000385. The Morgan fingerprint density at radius 3 is 1.52 bits per heavy atom. The molecule has 3 heteroatoms. The molecule has 4 saturated carbocycles. The van der Waals surface area contributed by atoms with Crippen molar-refractivity contribution in [1.82, 2.24) is 0 Å². The van der Waals surface area contributed by atoms with Gasteiger partial charge in [-0.25, -0.2) is 0 Å². The fraction of sp³-hybridized carbons (Fsp3) is 0.967. The highest BCUT2D eigenvalue weighted by Crippen LogP contribution is 2.60. The molecule has 0 amide bonds. The molecule has 4 rings (SSSR count). The summed E-state index contributed by atoms with van der Waals surface area (Å²) < 4.78 is 1.10. The fourth-order valence-electron chi connectivity index (χ4n) is 7.88. The van der Waals surface area contributed by atoms with Crippen LogP contribution in [0.15, 0.2) is 0 Å². The first-order valence-electron chi connectivity index (χ1n) is 14.8. The molecule has 0 aliphatic heterocycles. The summed E-state index contributed by atoms with van der Waals surface area (Å²) in [6, 6.07) is 0. The average molecular weight is 527 g/mol. The molecule has 0 heterocycles. The number of carbonyl (C=O) groups is 1. The first-order chi connectivity index (χ1) is 15.4. The Bertz CT molecular complexity index is 522. The van der Waals surface area contributed by atoms with E-state index >= 15 is 0 Å². The van der Waals surface area contributed by atoms with Gasteiger partial charge in [-0.3, -0.25) is 4.79 Å². The van der Waals surface area contributed by atoms with E-state index in [1.54, 1.807) is 0 Å². The summed E-state index contributed by atoms with van der Waals surface area (Å²) in [7, 11) is 4.77. The number of ketones is 1. The number of hydrogen-bond acceptors (Lipinski definition) is 1. The number of rotatable bonds is 18. The first kappa shape index (κ1) is 29.3. The van der Waals surface area contributed by atoms with Crippen molar-refractivity contribution in [1.29, 1.82) is 0 Å². The van der Waals surface area contributed by atoms with Crippen molar-refractivity contribution in [2.24, 2.45) is 23.2 Å². The van der Waals surface area contributed by atoms with Crippen LogP contribution in [0.5, 0.6) is 0 Å². The second kappa shape index (κ2) is 14.6. The molecule has 4 aliphatic carbocycles. The van der Waals surface area contributed by atoms with E-state index in [2.05, 4.69) is 21.0 Å². The number of halogens is 1. The van der Waals surface area contributed by atoms with Gasteiger partial charge in [-0.05, 0) is 69.1 Å². The quantitative estimate of drug-likeness (QED) is 0.174. The van der Waals surface area contributed by atoms with Crippen LogP contribution in [0.3, 0.4) is 0 Å². The number of nitrogens with zero attached hydrogens (tertiary/aromatic N) is 1. The maximum atomic E-state index is 13.2. The number of carbonyl (C=O) groups excluding carboxylic acids is 1. The second-order valence-corrected chi connectivity index (χ2v) is 13.0. The molecule has 4 bridgehead atoms. The maximum Gasteiger partial charge on any atom is 0.139 e. The maximum absolute atomic E-state index is 13.2. The summed E-state index contributed by atoms with van der Waals surface area (Å²) >= 11 is 0. The van der Waals surface area contributed by atoms with Gasteiger partial charge in [0, 0.05) is 18.3 Å². The topological polar surface area (TPSA) is 17.1 Å². The van der Waals surface area contributed by atoms with Crippen LogP contribution >= 0.6 is 0 Å². The van der Waals surface area contributed by atoms with Crippen molar-refractivity contribution in [2.45, 2.75) is 135 Å². The smallest absolute Gasteiger partial charge is 0.139 e. The average Bonchev–Trinajstić information content (AvgIpc) is 2.73. The monoisotopic (exact) mass is 525 g/mol. The molecule has 0 atom stereocenters. The van der Waals surface area contributed by atoms with Crippen molar-refractivity contribution < 1.29 is 26.3 Å². The van der Waals surface area contributed by atoms with Crippen molar-refractivity contribution in [3.63, 3.8) is 0 Å². The number of unbranched alkanes of at least 4 members (excludes halogenated alkanes) is 11. The first-order valence-corrected chi connectivity index (χ1v) is 14.8. The lowest BCUT2D eigenvalue weighted by atomic mass is 9.48. The lowest BCUT2D eigenvalue weighted by Crippen LogP contribution is -3.00. The molecular formula is C30H56BrNO. The number of hydrogen-bond donors (Lipinski definition) is 0. The molecule has 2 nitrogen and oxygen atoms in total. The molecule has 33 heavy (non-hydrogen) atoms. The highest BCUT2D eigenvalue weighted by molar-refractivity contribution is 5.85. The Morgan fingerprint density at radius 1 is 0.667 bits per heavy atom. The Morgan fingerprint density at radius 2 is 1.06 bits per heavy atom. The predicted octanol–water partition coefficient (Wildman–Crippen LogP) is 5.33. The zero-order valence-corrected chi connectivity index (χ0v) is 24.1. The van der Waals surface area contributed by atoms with Gasteiger partial charge in [0.05, 0.1) is 27.2 Å². The SMILES string of the molecule is CCCCCCCCCCCCCC[N+](C)(C)CCCC(=O)C12CC3CC(CC(C3)C1)C2.[Br-]. The Kier molecular flexibility index (Phi) is 13.0. The van der Waals surface area contributed by atoms with Gasteiger partial charge in [-0.1, -0.05) is 71.1 Å². The summed E-state index contributed by atoms with van der Waals surface area (Å²) in [5.74, 6) is 3.33. The molecule has 0 saturated heterocycles. The van der Waals surface area contributed by atoms with E-state index in [0.717, 1.165) is 35.1 Å². The van der Waals surface area contributed by atoms with E-state index in [0.29, 0.717) is 5.78 Å². The van der Waals surface area contributed by atoms with Gasteiger partial charge in [0.2, 0.25) is 0 Å². The third kappa shape index (κ3) is 9.59. The van der Waals surface area contributed by atoms with E-state index in [1.165, 1.54) is 129 Å². The highest BCUT2D eigenvalue weighted by Gasteiger charge is 2.53. The predicted molar refractivity (Wildman–Crippen MR) is 138 cm³/mol. The molecule has 0 spiro atoms. The molecule has 0 N–H and O–H groups in total. The van der Waals surface area contributed by atoms with Crippen LogP contribution in [0.1, 0.15) is 135 Å². The lowest BCUT2D eigenvalue weighted by molar-refractivity contribution is -0.890. The molecular weight excluding hydrogens is 470 g/mol. The zero-order valence-electron chi connectivity index (χ0n) is 22.5. The number of quaternary nitrogens is 1. The van der Waals surface area contributed by atoms with Gasteiger partial charge in [0.15, 0.2) is 0 Å². The van der Waals surface area contributed by atoms with Crippen LogP contribution in [0.4, 0.5) is 0 Å². The van der Waals surface area contributed by atoms with Crippen molar-refractivity contribution in [3.05, 3.63) is 0 Å². The molecule has 0 aromatic rings.